The number of Topliss-reactive ketones (excluding diaryl/α,β-unsaturated/α-hetero) is 1. The highest BCUT2D eigenvalue weighted by molar-refractivity contribution is 5.83. The van der Waals surface area contributed by atoms with E-state index in [1.807, 2.05) is 0 Å². The van der Waals surface area contributed by atoms with Gasteiger partial charge >= 0.3 is 0 Å². The summed E-state index contributed by atoms with van der Waals surface area (Å²) in [5.74, 6) is 1.66. The van der Waals surface area contributed by atoms with Crippen LogP contribution in [-0.4, -0.2) is 17.0 Å². The molecule has 0 aliphatic heterocycles. The highest BCUT2D eigenvalue weighted by Crippen LogP contribution is 2.46. The van der Waals surface area contributed by atoms with Gasteiger partial charge in [0.1, 0.15) is 5.78 Å². The molecule has 0 heterocycles. The Hall–Kier alpha value is -0.370. The normalized spacial score (nSPS) is 52.9. The zero-order valence-corrected chi connectivity index (χ0v) is 7.66. The summed E-state index contributed by atoms with van der Waals surface area (Å²) in [5.41, 5.74) is 0. The third-order valence-corrected chi connectivity index (χ3v) is 3.82. The van der Waals surface area contributed by atoms with Crippen LogP contribution in [0.2, 0.25) is 0 Å². The number of hydrogen-bond acceptors (Lipinski definition) is 2. The van der Waals surface area contributed by atoms with Gasteiger partial charge in [-0.3, -0.25) is 4.79 Å². The predicted octanol–water partition coefficient (Wildman–Crippen LogP) is 1.23. The quantitative estimate of drug-likeness (QED) is 0.590. The number of fused-ring (bicyclic) bond motifs is 2. The van der Waals surface area contributed by atoms with E-state index in [0.717, 1.165) is 6.42 Å². The van der Waals surface area contributed by atoms with Crippen molar-refractivity contribution in [1.29, 1.82) is 0 Å². The molecule has 2 fully saturated rings. The van der Waals surface area contributed by atoms with Crippen molar-refractivity contribution < 1.29 is 9.90 Å². The second-order valence-corrected chi connectivity index (χ2v) is 4.50. The van der Waals surface area contributed by atoms with E-state index in [1.54, 1.807) is 0 Å². The summed E-state index contributed by atoms with van der Waals surface area (Å²) in [5, 5.41) is 9.74. The second kappa shape index (κ2) is 2.56. The molecular weight excluding hydrogens is 152 g/mol. The summed E-state index contributed by atoms with van der Waals surface area (Å²) >= 11 is 0. The molecular formula is C10H16O2. The molecule has 5 atom stereocenters. The molecule has 1 N–H and O–H groups in total. The highest BCUT2D eigenvalue weighted by Gasteiger charge is 2.49. The van der Waals surface area contributed by atoms with Crippen LogP contribution in [0.25, 0.3) is 0 Å². The molecule has 12 heavy (non-hydrogen) atoms. The molecule has 0 aromatic heterocycles. The van der Waals surface area contributed by atoms with E-state index in [0.29, 0.717) is 24.2 Å². The topological polar surface area (TPSA) is 37.3 Å². The number of carbonyl (C=O) groups is 1. The lowest BCUT2D eigenvalue weighted by molar-refractivity contribution is -0.127. The van der Waals surface area contributed by atoms with Gasteiger partial charge in [0.2, 0.25) is 0 Å². The van der Waals surface area contributed by atoms with Gasteiger partial charge in [-0.05, 0) is 24.2 Å². The summed E-state index contributed by atoms with van der Waals surface area (Å²) in [7, 11) is 0. The molecule has 2 heteroatoms. The molecule has 2 saturated carbocycles. The molecule has 0 aromatic rings. The van der Waals surface area contributed by atoms with E-state index >= 15 is 0 Å². The number of ketones is 1. The summed E-state index contributed by atoms with van der Waals surface area (Å²) in [4.78, 5) is 11.5. The van der Waals surface area contributed by atoms with Gasteiger partial charge in [-0.25, -0.2) is 0 Å². The van der Waals surface area contributed by atoms with Gasteiger partial charge in [-0.2, -0.15) is 0 Å². The average Bonchev–Trinajstić information content (AvgIpc) is 2.26. The maximum atomic E-state index is 11.5. The van der Waals surface area contributed by atoms with E-state index in [2.05, 4.69) is 13.8 Å². The molecule has 2 aliphatic carbocycles. The number of aliphatic hydroxyl groups excluding tert-OH is 1. The van der Waals surface area contributed by atoms with Crippen LogP contribution in [0.3, 0.4) is 0 Å². The Balaban J connectivity index is 2.26. The Morgan fingerprint density at radius 2 is 2.08 bits per heavy atom. The summed E-state index contributed by atoms with van der Waals surface area (Å²) in [6.07, 6.45) is 1.27. The van der Waals surface area contributed by atoms with Crippen LogP contribution >= 0.6 is 0 Å². The first-order valence-corrected chi connectivity index (χ1v) is 4.82. The number of hydrogen-bond donors (Lipinski definition) is 1. The van der Waals surface area contributed by atoms with Gasteiger partial charge in [0, 0.05) is 12.3 Å². The maximum Gasteiger partial charge on any atom is 0.138 e. The first kappa shape index (κ1) is 8.24. The van der Waals surface area contributed by atoms with Crippen LogP contribution in [0, 0.1) is 23.7 Å². The van der Waals surface area contributed by atoms with Crippen LogP contribution in [0.1, 0.15) is 26.7 Å². The van der Waals surface area contributed by atoms with Crippen molar-refractivity contribution in [1.82, 2.24) is 0 Å². The highest BCUT2D eigenvalue weighted by atomic mass is 16.3. The molecule has 0 saturated heterocycles. The number of carbonyl (C=O) groups excluding carboxylic acids is 1. The fourth-order valence-corrected chi connectivity index (χ4v) is 2.96. The molecule has 0 spiro atoms. The van der Waals surface area contributed by atoms with Crippen molar-refractivity contribution in [3.05, 3.63) is 0 Å². The average molecular weight is 168 g/mol. The monoisotopic (exact) mass is 168 g/mol. The molecule has 2 rings (SSSR count). The van der Waals surface area contributed by atoms with Crippen molar-refractivity contribution in [2.24, 2.45) is 23.7 Å². The summed E-state index contributed by atoms with van der Waals surface area (Å²) in [6.45, 7) is 4.21. The van der Waals surface area contributed by atoms with E-state index in [-0.39, 0.29) is 17.8 Å². The van der Waals surface area contributed by atoms with Gasteiger partial charge in [0.15, 0.2) is 0 Å². The van der Waals surface area contributed by atoms with Crippen LogP contribution in [0.15, 0.2) is 0 Å². The molecule has 0 radical (unpaired) electrons. The Kier molecular flexibility index (Phi) is 1.76. The van der Waals surface area contributed by atoms with E-state index in [4.69, 9.17) is 0 Å². The number of rotatable bonds is 0. The lowest BCUT2D eigenvalue weighted by atomic mass is 9.78. The SMILES string of the molecule is C[C@@H]1[C@H](O)[C@H]2C[C@@H]1[C@H](C)CC2=O. The standard InChI is InChI=1S/C10H16O2/c1-5-3-9(11)8-4-7(5)6(2)10(8)12/h5-8,10,12H,3-4H2,1-2H3/t5-,6+,7-,8+,10+/m1/s1. The third kappa shape index (κ3) is 0.939. The lowest BCUT2D eigenvalue weighted by Gasteiger charge is -2.25. The van der Waals surface area contributed by atoms with Crippen molar-refractivity contribution in [3.63, 3.8) is 0 Å². The van der Waals surface area contributed by atoms with E-state index < -0.39 is 0 Å². The molecule has 0 aromatic carbocycles. The van der Waals surface area contributed by atoms with Gasteiger partial charge in [-0.15, -0.1) is 0 Å². The van der Waals surface area contributed by atoms with E-state index in [1.165, 1.54) is 0 Å². The molecule has 2 nitrogen and oxygen atoms in total. The molecule has 68 valence electrons. The van der Waals surface area contributed by atoms with Crippen LogP contribution < -0.4 is 0 Å². The Morgan fingerprint density at radius 3 is 2.75 bits per heavy atom. The summed E-state index contributed by atoms with van der Waals surface area (Å²) in [6, 6.07) is 0. The Labute approximate surface area is 73.0 Å². The second-order valence-electron chi connectivity index (χ2n) is 4.50. The Morgan fingerprint density at radius 1 is 1.42 bits per heavy atom. The zero-order valence-electron chi connectivity index (χ0n) is 7.66. The van der Waals surface area contributed by atoms with Gasteiger partial charge < -0.3 is 5.11 Å². The van der Waals surface area contributed by atoms with E-state index in [9.17, 15) is 9.90 Å². The first-order chi connectivity index (χ1) is 5.61. The van der Waals surface area contributed by atoms with Crippen molar-refractivity contribution in [2.45, 2.75) is 32.8 Å². The fraction of sp³-hybridized carbons (Fsp3) is 0.900. The van der Waals surface area contributed by atoms with Crippen LogP contribution in [-0.2, 0) is 4.79 Å². The maximum absolute atomic E-state index is 11.5. The zero-order chi connectivity index (χ0) is 8.88. The predicted molar refractivity (Wildman–Crippen MR) is 45.6 cm³/mol. The Bertz CT molecular complexity index is 212. The third-order valence-electron chi connectivity index (χ3n) is 3.82. The molecule has 2 aliphatic rings. The van der Waals surface area contributed by atoms with Gasteiger partial charge in [-0.1, -0.05) is 13.8 Å². The van der Waals surface area contributed by atoms with Gasteiger partial charge in [0.05, 0.1) is 6.10 Å². The van der Waals surface area contributed by atoms with Crippen molar-refractivity contribution in [2.75, 3.05) is 0 Å². The lowest BCUT2D eigenvalue weighted by Crippen LogP contribution is -2.27. The minimum atomic E-state index is -0.354. The largest absolute Gasteiger partial charge is 0.392 e. The minimum Gasteiger partial charge on any atom is -0.392 e. The smallest absolute Gasteiger partial charge is 0.138 e. The van der Waals surface area contributed by atoms with Crippen molar-refractivity contribution in [3.8, 4) is 0 Å². The molecule has 2 bridgehead atoms. The fourth-order valence-electron chi connectivity index (χ4n) is 2.96. The van der Waals surface area contributed by atoms with Gasteiger partial charge in [0.25, 0.3) is 0 Å². The van der Waals surface area contributed by atoms with Crippen molar-refractivity contribution >= 4 is 5.78 Å². The molecule has 0 unspecified atom stereocenters. The van der Waals surface area contributed by atoms with Crippen LogP contribution in [0.5, 0.6) is 0 Å². The number of aliphatic hydroxyl groups is 1. The first-order valence-electron chi connectivity index (χ1n) is 4.82. The molecule has 0 amide bonds. The minimum absolute atomic E-state index is 0.0267. The van der Waals surface area contributed by atoms with Crippen LogP contribution in [0.4, 0.5) is 0 Å². The summed E-state index contributed by atoms with van der Waals surface area (Å²) < 4.78 is 0.